The lowest BCUT2D eigenvalue weighted by Crippen LogP contribution is -2.18. The molecule has 0 saturated heterocycles. The third-order valence-electron chi connectivity index (χ3n) is 1.52. The topological polar surface area (TPSA) is 49.4 Å². The molecule has 0 aliphatic carbocycles. The Kier molecular flexibility index (Phi) is 3.79. The summed E-state index contributed by atoms with van der Waals surface area (Å²) in [4.78, 5) is 10.1. The summed E-state index contributed by atoms with van der Waals surface area (Å²) < 4.78 is 27.6. The summed E-state index contributed by atoms with van der Waals surface area (Å²) in [7, 11) is 0. The maximum Gasteiger partial charge on any atom is 0.387 e. The Morgan fingerprint density at radius 1 is 1.33 bits per heavy atom. The largest absolute Gasteiger partial charge is 0.545 e. The van der Waals surface area contributed by atoms with Crippen molar-refractivity contribution in [2.45, 2.75) is 6.61 Å². The van der Waals surface area contributed by atoms with Crippen LogP contribution in [-0.4, -0.2) is 12.6 Å². The van der Waals surface area contributed by atoms with E-state index in [1.165, 1.54) is 30.3 Å². The average Bonchev–Trinajstić information content (AvgIpc) is 2.16. The van der Waals surface area contributed by atoms with Crippen molar-refractivity contribution in [3.8, 4) is 5.75 Å². The van der Waals surface area contributed by atoms with E-state index in [0.717, 1.165) is 6.08 Å². The molecule has 0 N–H and O–H groups in total. The minimum atomic E-state index is -2.87. The second kappa shape index (κ2) is 5.09. The first-order chi connectivity index (χ1) is 7.08. The van der Waals surface area contributed by atoms with Crippen LogP contribution < -0.4 is 9.84 Å². The van der Waals surface area contributed by atoms with Crippen LogP contribution in [0.5, 0.6) is 5.75 Å². The highest BCUT2D eigenvalue weighted by molar-refractivity contribution is 5.83. The van der Waals surface area contributed by atoms with Crippen LogP contribution in [0, 0.1) is 0 Å². The molecule has 3 nitrogen and oxygen atoms in total. The zero-order valence-corrected chi connectivity index (χ0v) is 7.52. The monoisotopic (exact) mass is 213 g/mol. The van der Waals surface area contributed by atoms with Crippen molar-refractivity contribution in [2.24, 2.45) is 0 Å². The number of hydrogen-bond donors (Lipinski definition) is 0. The fraction of sp³-hybridized carbons (Fsp3) is 0.100. The van der Waals surface area contributed by atoms with E-state index in [4.69, 9.17) is 0 Å². The van der Waals surface area contributed by atoms with Gasteiger partial charge in [0.05, 0.1) is 5.97 Å². The molecule has 0 atom stereocenters. The van der Waals surface area contributed by atoms with Crippen molar-refractivity contribution in [1.29, 1.82) is 0 Å². The molecule has 1 aromatic carbocycles. The summed E-state index contributed by atoms with van der Waals surface area (Å²) in [6.07, 6.45) is 2.14. The van der Waals surface area contributed by atoms with Gasteiger partial charge in [-0.05, 0) is 23.8 Å². The van der Waals surface area contributed by atoms with E-state index in [1.807, 2.05) is 0 Å². The molecule has 0 bridgehead atoms. The molecule has 0 aliphatic heterocycles. The normalized spacial score (nSPS) is 10.9. The Bertz CT molecular complexity index is 357. The third-order valence-corrected chi connectivity index (χ3v) is 1.52. The molecule has 0 unspecified atom stereocenters. The van der Waals surface area contributed by atoms with Gasteiger partial charge in [-0.3, -0.25) is 0 Å². The smallest absolute Gasteiger partial charge is 0.387 e. The first kappa shape index (κ1) is 11.2. The zero-order valence-electron chi connectivity index (χ0n) is 7.52. The van der Waals surface area contributed by atoms with E-state index in [-0.39, 0.29) is 5.75 Å². The quantitative estimate of drug-likeness (QED) is 0.702. The second-order valence-electron chi connectivity index (χ2n) is 2.60. The standard InChI is InChI=1S/C10H8F2O3/c11-10(12)15-8-4-1-7(2-5-8)3-6-9(13)14/h1-6,10H,(H,13,14)/p-1. The van der Waals surface area contributed by atoms with Crippen LogP contribution in [0.3, 0.4) is 0 Å². The number of carbonyl (C=O) groups is 1. The van der Waals surface area contributed by atoms with Crippen molar-refractivity contribution in [2.75, 3.05) is 0 Å². The van der Waals surface area contributed by atoms with Crippen molar-refractivity contribution < 1.29 is 23.4 Å². The van der Waals surface area contributed by atoms with Gasteiger partial charge in [-0.1, -0.05) is 18.2 Å². The maximum absolute atomic E-state index is 11.8. The highest BCUT2D eigenvalue weighted by Crippen LogP contribution is 2.15. The second-order valence-corrected chi connectivity index (χ2v) is 2.60. The molecule has 1 aromatic rings. The van der Waals surface area contributed by atoms with Crippen LogP contribution in [0.25, 0.3) is 6.08 Å². The van der Waals surface area contributed by atoms with Gasteiger partial charge in [0.2, 0.25) is 0 Å². The van der Waals surface area contributed by atoms with Crippen molar-refractivity contribution in [1.82, 2.24) is 0 Å². The van der Waals surface area contributed by atoms with Crippen LogP contribution in [0.4, 0.5) is 8.78 Å². The number of alkyl halides is 2. The molecule has 0 amide bonds. The minimum absolute atomic E-state index is 0.0237. The van der Waals surface area contributed by atoms with Gasteiger partial charge < -0.3 is 14.6 Å². The Hall–Kier alpha value is -1.91. The molecule has 1 rings (SSSR count). The number of carbonyl (C=O) groups excluding carboxylic acids is 1. The number of ether oxygens (including phenoxy) is 1. The molecule has 15 heavy (non-hydrogen) atoms. The molecule has 0 radical (unpaired) electrons. The third kappa shape index (κ3) is 4.21. The summed E-state index contributed by atoms with van der Waals surface area (Å²) in [6, 6.07) is 5.55. The van der Waals surface area contributed by atoms with Gasteiger partial charge in [0.15, 0.2) is 0 Å². The van der Waals surface area contributed by atoms with Crippen LogP contribution in [-0.2, 0) is 4.79 Å². The Balaban J connectivity index is 2.68. The van der Waals surface area contributed by atoms with Gasteiger partial charge in [-0.2, -0.15) is 8.78 Å². The van der Waals surface area contributed by atoms with Gasteiger partial charge in [0.25, 0.3) is 0 Å². The molecule has 0 fully saturated rings. The van der Waals surface area contributed by atoms with Crippen molar-refractivity contribution in [3.05, 3.63) is 35.9 Å². The van der Waals surface area contributed by atoms with E-state index >= 15 is 0 Å². The first-order valence-corrected chi connectivity index (χ1v) is 4.02. The van der Waals surface area contributed by atoms with Crippen LogP contribution in [0.1, 0.15) is 5.56 Å². The molecule has 0 aromatic heterocycles. The van der Waals surface area contributed by atoms with Crippen molar-refractivity contribution >= 4 is 12.0 Å². The fourth-order valence-corrected chi connectivity index (χ4v) is 0.925. The number of carboxylic acid groups (broad SMARTS) is 1. The molecular weight excluding hydrogens is 206 g/mol. The molecule has 0 heterocycles. The molecule has 0 spiro atoms. The predicted octanol–water partition coefficient (Wildman–Crippen LogP) is 1.05. The van der Waals surface area contributed by atoms with E-state index in [0.29, 0.717) is 5.56 Å². The maximum atomic E-state index is 11.8. The van der Waals surface area contributed by atoms with Gasteiger partial charge in [0.1, 0.15) is 5.75 Å². The molecule has 0 aliphatic rings. The average molecular weight is 213 g/mol. The summed E-state index contributed by atoms with van der Waals surface area (Å²) in [6.45, 7) is -2.87. The van der Waals surface area contributed by atoms with Crippen molar-refractivity contribution in [3.63, 3.8) is 0 Å². The first-order valence-electron chi connectivity index (χ1n) is 4.02. The molecular formula is C10H7F2O3-. The SMILES string of the molecule is O=C([O-])C=Cc1ccc(OC(F)F)cc1. The van der Waals surface area contributed by atoms with Crippen LogP contribution >= 0.6 is 0 Å². The predicted molar refractivity (Wildman–Crippen MR) is 47.1 cm³/mol. The molecule has 80 valence electrons. The summed E-state index contributed by atoms with van der Waals surface area (Å²) in [5.41, 5.74) is 0.556. The minimum Gasteiger partial charge on any atom is -0.545 e. The number of rotatable bonds is 4. The molecule has 0 saturated carbocycles. The Labute approximate surface area is 84.6 Å². The zero-order chi connectivity index (χ0) is 11.3. The van der Waals surface area contributed by atoms with Gasteiger partial charge in [-0.25, -0.2) is 0 Å². The highest BCUT2D eigenvalue weighted by Gasteiger charge is 2.02. The van der Waals surface area contributed by atoms with E-state index in [9.17, 15) is 18.7 Å². The fourth-order valence-electron chi connectivity index (χ4n) is 0.925. The van der Waals surface area contributed by atoms with E-state index < -0.39 is 12.6 Å². The number of halogens is 2. The number of hydrogen-bond acceptors (Lipinski definition) is 3. The van der Waals surface area contributed by atoms with Crippen LogP contribution in [0.2, 0.25) is 0 Å². The van der Waals surface area contributed by atoms with Crippen LogP contribution in [0.15, 0.2) is 30.3 Å². The lowest BCUT2D eigenvalue weighted by molar-refractivity contribution is -0.297. The number of aliphatic carboxylic acids is 1. The summed E-state index contributed by atoms with van der Waals surface area (Å²) in [5, 5.41) is 10.1. The summed E-state index contributed by atoms with van der Waals surface area (Å²) in [5.74, 6) is -1.29. The molecule has 5 heteroatoms. The number of benzene rings is 1. The van der Waals surface area contributed by atoms with Gasteiger partial charge in [0, 0.05) is 0 Å². The lowest BCUT2D eigenvalue weighted by atomic mass is 10.2. The lowest BCUT2D eigenvalue weighted by Gasteiger charge is -2.03. The Morgan fingerprint density at radius 2 is 1.93 bits per heavy atom. The summed E-state index contributed by atoms with van der Waals surface area (Å²) >= 11 is 0. The Morgan fingerprint density at radius 3 is 2.40 bits per heavy atom. The van der Waals surface area contributed by atoms with E-state index in [2.05, 4.69) is 4.74 Å². The number of carboxylic acids is 1. The highest BCUT2D eigenvalue weighted by atomic mass is 19.3. The van der Waals surface area contributed by atoms with Gasteiger partial charge >= 0.3 is 6.61 Å². The van der Waals surface area contributed by atoms with Gasteiger partial charge in [-0.15, -0.1) is 0 Å². The van der Waals surface area contributed by atoms with E-state index in [1.54, 1.807) is 0 Å².